The van der Waals surface area contributed by atoms with E-state index in [2.05, 4.69) is 31.4 Å². The highest BCUT2D eigenvalue weighted by Gasteiger charge is 2.09. The molecule has 12 heavy (non-hydrogen) atoms. The Hall–Kier alpha value is -0.440. The Morgan fingerprint density at radius 1 is 1.33 bits per heavy atom. The van der Waals surface area contributed by atoms with Crippen LogP contribution in [0.2, 0.25) is 0 Å². The number of nitrogens with one attached hydrogen (secondary N) is 2. The molecule has 4 heteroatoms. The summed E-state index contributed by atoms with van der Waals surface area (Å²) >= 11 is 0. The lowest BCUT2D eigenvalue weighted by atomic mass is 9.92. The summed E-state index contributed by atoms with van der Waals surface area (Å²) in [7, 11) is 1.62. The third kappa shape index (κ3) is 9.56. The predicted molar refractivity (Wildman–Crippen MR) is 53.8 cm³/mol. The zero-order chi connectivity index (χ0) is 8.91. The van der Waals surface area contributed by atoms with E-state index >= 15 is 0 Å². The van der Waals surface area contributed by atoms with Gasteiger partial charge in [0.05, 0.1) is 0 Å². The van der Waals surface area contributed by atoms with Gasteiger partial charge >= 0.3 is 6.03 Å². The number of hydrogen-bond donors (Lipinski definition) is 2. The fourth-order valence-corrected chi connectivity index (χ4v) is 0.639. The van der Waals surface area contributed by atoms with Crippen molar-refractivity contribution in [3.8, 4) is 0 Å². The van der Waals surface area contributed by atoms with Crippen molar-refractivity contribution in [1.82, 2.24) is 10.6 Å². The molecule has 0 aromatic heterocycles. The average Bonchev–Trinajstić information content (AvgIpc) is 1.85. The van der Waals surface area contributed by atoms with Crippen LogP contribution < -0.4 is 10.6 Å². The van der Waals surface area contributed by atoms with Crippen LogP contribution in [0.5, 0.6) is 0 Å². The van der Waals surface area contributed by atoms with E-state index in [4.69, 9.17) is 0 Å². The summed E-state index contributed by atoms with van der Waals surface area (Å²) < 4.78 is 0. The minimum absolute atomic E-state index is 0. The number of halogens is 1. The van der Waals surface area contributed by atoms with Crippen molar-refractivity contribution in [2.24, 2.45) is 5.41 Å². The lowest BCUT2D eigenvalue weighted by Gasteiger charge is -2.17. The molecular formula is C8H19ClN2O. The summed E-state index contributed by atoms with van der Waals surface area (Å²) in [6.07, 6.45) is 1.00. The van der Waals surface area contributed by atoms with Crippen LogP contribution in [0.25, 0.3) is 0 Å². The fraction of sp³-hybridized carbons (Fsp3) is 0.875. The van der Waals surface area contributed by atoms with Gasteiger partial charge in [-0.25, -0.2) is 4.79 Å². The van der Waals surface area contributed by atoms with E-state index < -0.39 is 0 Å². The Morgan fingerprint density at radius 3 is 2.17 bits per heavy atom. The number of carbonyl (C=O) groups excluding carboxylic acids is 1. The topological polar surface area (TPSA) is 41.1 Å². The minimum Gasteiger partial charge on any atom is -0.341 e. The molecule has 3 nitrogen and oxygen atoms in total. The van der Waals surface area contributed by atoms with Gasteiger partial charge in [-0.1, -0.05) is 20.8 Å². The Labute approximate surface area is 80.7 Å². The second kappa shape index (κ2) is 6.12. The van der Waals surface area contributed by atoms with Gasteiger partial charge in [-0.2, -0.15) is 0 Å². The van der Waals surface area contributed by atoms with Crippen molar-refractivity contribution >= 4 is 18.4 Å². The first-order valence-corrected chi connectivity index (χ1v) is 3.91. The van der Waals surface area contributed by atoms with E-state index in [1.807, 2.05) is 0 Å². The van der Waals surface area contributed by atoms with Crippen LogP contribution in [0.1, 0.15) is 27.2 Å². The van der Waals surface area contributed by atoms with Gasteiger partial charge in [0.2, 0.25) is 0 Å². The summed E-state index contributed by atoms with van der Waals surface area (Å²) in [4.78, 5) is 10.7. The molecule has 74 valence electrons. The Balaban J connectivity index is 0. The molecular weight excluding hydrogens is 176 g/mol. The van der Waals surface area contributed by atoms with E-state index in [1.165, 1.54) is 0 Å². The molecule has 2 N–H and O–H groups in total. The van der Waals surface area contributed by atoms with Crippen molar-refractivity contribution in [2.75, 3.05) is 13.6 Å². The molecule has 0 aliphatic carbocycles. The van der Waals surface area contributed by atoms with E-state index in [-0.39, 0.29) is 18.4 Å². The van der Waals surface area contributed by atoms with Gasteiger partial charge in [-0.05, 0) is 11.8 Å². The Kier molecular flexibility index (Phi) is 7.19. The van der Waals surface area contributed by atoms with Crippen molar-refractivity contribution in [3.05, 3.63) is 0 Å². The maximum atomic E-state index is 10.7. The lowest BCUT2D eigenvalue weighted by molar-refractivity contribution is 0.240. The molecule has 0 atom stereocenters. The second-order valence-corrected chi connectivity index (χ2v) is 3.82. The quantitative estimate of drug-likeness (QED) is 0.692. The Bertz CT molecular complexity index is 132. The van der Waals surface area contributed by atoms with Gasteiger partial charge in [0.15, 0.2) is 0 Å². The maximum Gasteiger partial charge on any atom is 0.314 e. The van der Waals surface area contributed by atoms with Gasteiger partial charge in [0.1, 0.15) is 0 Å². The highest BCUT2D eigenvalue weighted by molar-refractivity contribution is 5.85. The van der Waals surface area contributed by atoms with Crippen LogP contribution in [-0.4, -0.2) is 19.6 Å². The average molecular weight is 195 g/mol. The van der Waals surface area contributed by atoms with Crippen LogP contribution >= 0.6 is 12.4 Å². The van der Waals surface area contributed by atoms with E-state index in [0.717, 1.165) is 13.0 Å². The van der Waals surface area contributed by atoms with E-state index in [0.29, 0.717) is 5.41 Å². The number of rotatable bonds is 2. The molecule has 0 rings (SSSR count). The number of hydrogen-bond acceptors (Lipinski definition) is 1. The summed E-state index contributed by atoms with van der Waals surface area (Å²) in [5.74, 6) is 0. The van der Waals surface area contributed by atoms with Crippen LogP contribution in [-0.2, 0) is 0 Å². The molecule has 0 fully saturated rings. The van der Waals surface area contributed by atoms with Gasteiger partial charge in [-0.15, -0.1) is 12.4 Å². The molecule has 0 saturated heterocycles. The highest BCUT2D eigenvalue weighted by atomic mass is 35.5. The molecule has 0 aliphatic heterocycles. The van der Waals surface area contributed by atoms with E-state index in [1.54, 1.807) is 7.05 Å². The first kappa shape index (κ1) is 14.1. The van der Waals surface area contributed by atoms with Crippen LogP contribution in [0, 0.1) is 5.41 Å². The molecule has 0 unspecified atom stereocenters. The molecule has 0 aromatic rings. The van der Waals surface area contributed by atoms with Gasteiger partial charge in [0, 0.05) is 13.6 Å². The van der Waals surface area contributed by atoms with Crippen molar-refractivity contribution in [2.45, 2.75) is 27.2 Å². The molecule has 0 spiro atoms. The number of carbonyl (C=O) groups is 1. The third-order valence-electron chi connectivity index (χ3n) is 1.39. The zero-order valence-corrected chi connectivity index (χ0v) is 9.05. The SMILES string of the molecule is CNC(=O)NCCC(C)(C)C.Cl. The Morgan fingerprint density at radius 2 is 1.83 bits per heavy atom. The zero-order valence-electron chi connectivity index (χ0n) is 8.23. The van der Waals surface area contributed by atoms with Gasteiger partial charge in [-0.3, -0.25) is 0 Å². The van der Waals surface area contributed by atoms with Gasteiger partial charge in [0.25, 0.3) is 0 Å². The number of amides is 2. The highest BCUT2D eigenvalue weighted by Crippen LogP contribution is 2.16. The smallest absolute Gasteiger partial charge is 0.314 e. The minimum atomic E-state index is -0.103. The molecule has 0 heterocycles. The van der Waals surface area contributed by atoms with Crippen LogP contribution in [0.3, 0.4) is 0 Å². The fourth-order valence-electron chi connectivity index (χ4n) is 0.639. The molecule has 0 radical (unpaired) electrons. The summed E-state index contributed by atoms with van der Waals surface area (Å²) in [5.41, 5.74) is 0.293. The summed E-state index contributed by atoms with van der Waals surface area (Å²) in [6, 6.07) is -0.103. The monoisotopic (exact) mass is 194 g/mol. The van der Waals surface area contributed by atoms with Crippen LogP contribution in [0.4, 0.5) is 4.79 Å². The first-order chi connectivity index (χ1) is 4.95. The van der Waals surface area contributed by atoms with Crippen molar-refractivity contribution in [3.63, 3.8) is 0 Å². The van der Waals surface area contributed by atoms with Gasteiger partial charge < -0.3 is 10.6 Å². The predicted octanol–water partition coefficient (Wildman–Crippen LogP) is 1.77. The first-order valence-electron chi connectivity index (χ1n) is 3.91. The van der Waals surface area contributed by atoms with Crippen LogP contribution in [0.15, 0.2) is 0 Å². The molecule has 0 aliphatic rings. The summed E-state index contributed by atoms with van der Waals surface area (Å²) in [5, 5.41) is 5.24. The maximum absolute atomic E-state index is 10.7. The van der Waals surface area contributed by atoms with E-state index in [9.17, 15) is 4.79 Å². The normalized spacial score (nSPS) is 10.0. The lowest BCUT2D eigenvalue weighted by Crippen LogP contribution is -2.34. The molecule has 0 bridgehead atoms. The molecule has 0 saturated carbocycles. The second-order valence-electron chi connectivity index (χ2n) is 3.82. The van der Waals surface area contributed by atoms with Crippen molar-refractivity contribution < 1.29 is 4.79 Å². The number of urea groups is 1. The molecule has 2 amide bonds. The molecule has 0 aromatic carbocycles. The van der Waals surface area contributed by atoms with Crippen molar-refractivity contribution in [1.29, 1.82) is 0 Å². The third-order valence-corrected chi connectivity index (χ3v) is 1.39. The standard InChI is InChI=1S/C8H18N2O.ClH/c1-8(2,3)5-6-10-7(11)9-4;/h5-6H2,1-4H3,(H2,9,10,11);1H. The largest absolute Gasteiger partial charge is 0.341 e. The summed E-state index contributed by atoms with van der Waals surface area (Å²) in [6.45, 7) is 7.19.